The van der Waals surface area contributed by atoms with Gasteiger partial charge in [-0.2, -0.15) is 0 Å². The highest BCUT2D eigenvalue weighted by Gasteiger charge is 2.14. The molecule has 2 rings (SSSR count). The monoisotopic (exact) mass is 334 g/mol. The first-order valence-corrected chi connectivity index (χ1v) is 7.41. The van der Waals surface area contributed by atoms with Crippen LogP contribution in [0.25, 0.3) is 0 Å². The maximum Gasteiger partial charge on any atom is 0.251 e. The number of nitrogens with one attached hydrogen (secondary N) is 1. The summed E-state index contributed by atoms with van der Waals surface area (Å²) in [6.45, 7) is 2.53. The minimum Gasteiger partial charge on any atom is -0.497 e. The topological polar surface area (TPSA) is 64.4 Å². The molecule has 4 nitrogen and oxygen atoms in total. The van der Waals surface area contributed by atoms with Crippen molar-refractivity contribution in [3.05, 3.63) is 65.2 Å². The van der Waals surface area contributed by atoms with Gasteiger partial charge in [0.05, 0.1) is 13.2 Å². The van der Waals surface area contributed by atoms with Crippen LogP contribution in [0.2, 0.25) is 0 Å². The highest BCUT2D eigenvalue weighted by atomic mass is 35.5. The molecule has 0 radical (unpaired) electrons. The molecule has 1 atom stereocenters. The quantitative estimate of drug-likeness (QED) is 0.850. The summed E-state index contributed by atoms with van der Waals surface area (Å²) in [6, 6.07) is 15.1. The molecule has 0 bridgehead atoms. The summed E-state index contributed by atoms with van der Waals surface area (Å²) >= 11 is 0. The minimum atomic E-state index is -0.0776. The molecule has 0 aliphatic rings. The Morgan fingerprint density at radius 3 is 2.22 bits per heavy atom. The molecule has 0 spiro atoms. The third kappa shape index (κ3) is 4.98. The maximum absolute atomic E-state index is 12.3. The van der Waals surface area contributed by atoms with Gasteiger partial charge in [0.25, 0.3) is 5.91 Å². The minimum absolute atomic E-state index is 0. The zero-order valence-electron chi connectivity index (χ0n) is 13.4. The lowest BCUT2D eigenvalue weighted by Crippen LogP contribution is -2.28. The van der Waals surface area contributed by atoms with E-state index in [1.807, 2.05) is 43.3 Å². The zero-order valence-corrected chi connectivity index (χ0v) is 14.2. The van der Waals surface area contributed by atoms with E-state index < -0.39 is 0 Å². The molecular formula is C18H23ClN2O2. The number of methoxy groups -OCH3 is 1. The van der Waals surface area contributed by atoms with Crippen molar-refractivity contribution in [3.8, 4) is 5.75 Å². The largest absolute Gasteiger partial charge is 0.497 e. The van der Waals surface area contributed by atoms with Gasteiger partial charge in [-0.25, -0.2) is 0 Å². The van der Waals surface area contributed by atoms with Crippen molar-refractivity contribution in [1.29, 1.82) is 0 Å². The van der Waals surface area contributed by atoms with Crippen LogP contribution in [0.5, 0.6) is 5.75 Å². The third-order valence-corrected chi connectivity index (χ3v) is 3.68. The lowest BCUT2D eigenvalue weighted by atomic mass is 10.0. The number of benzene rings is 2. The molecule has 0 aliphatic heterocycles. The van der Waals surface area contributed by atoms with Gasteiger partial charge in [-0.3, -0.25) is 4.79 Å². The summed E-state index contributed by atoms with van der Waals surface area (Å²) in [4.78, 5) is 12.3. The standard InChI is InChI=1S/C18H22N2O2.ClH/c1-3-17(14-8-10-16(22-2)11-9-14)20-18(21)15-6-4-13(12-19)5-7-15;/h4-11,17H,3,12,19H2,1-2H3,(H,20,21);1H. The van der Waals surface area contributed by atoms with Crippen LogP contribution >= 0.6 is 12.4 Å². The van der Waals surface area contributed by atoms with Gasteiger partial charge in [-0.15, -0.1) is 12.4 Å². The lowest BCUT2D eigenvalue weighted by Gasteiger charge is -2.18. The fourth-order valence-corrected chi connectivity index (χ4v) is 2.29. The van der Waals surface area contributed by atoms with Crippen LogP contribution in [0.3, 0.4) is 0 Å². The molecule has 0 aliphatic carbocycles. The van der Waals surface area contributed by atoms with E-state index in [4.69, 9.17) is 10.5 Å². The van der Waals surface area contributed by atoms with Gasteiger partial charge in [0.2, 0.25) is 0 Å². The first kappa shape index (κ1) is 19.0. The molecule has 5 heteroatoms. The van der Waals surface area contributed by atoms with Gasteiger partial charge < -0.3 is 15.8 Å². The van der Waals surface area contributed by atoms with E-state index in [1.165, 1.54) is 0 Å². The Morgan fingerprint density at radius 2 is 1.74 bits per heavy atom. The second-order valence-corrected chi connectivity index (χ2v) is 5.11. The Bertz CT molecular complexity index is 612. The van der Waals surface area contributed by atoms with Crippen LogP contribution in [0, 0.1) is 0 Å². The number of carbonyl (C=O) groups is 1. The number of amides is 1. The van der Waals surface area contributed by atoms with Crippen LogP contribution in [0.1, 0.15) is 40.9 Å². The molecular weight excluding hydrogens is 312 g/mol. The van der Waals surface area contributed by atoms with E-state index in [9.17, 15) is 4.79 Å². The fraction of sp³-hybridized carbons (Fsp3) is 0.278. The maximum atomic E-state index is 12.3. The van der Waals surface area contributed by atoms with Gasteiger partial charge in [0, 0.05) is 12.1 Å². The molecule has 1 unspecified atom stereocenters. The van der Waals surface area contributed by atoms with Gasteiger partial charge >= 0.3 is 0 Å². The molecule has 1 amide bonds. The van der Waals surface area contributed by atoms with E-state index in [2.05, 4.69) is 5.32 Å². The smallest absolute Gasteiger partial charge is 0.251 e. The Labute approximate surface area is 143 Å². The predicted octanol–water partition coefficient (Wildman–Crippen LogP) is 3.46. The molecule has 0 saturated carbocycles. The molecule has 3 N–H and O–H groups in total. The predicted molar refractivity (Wildman–Crippen MR) is 95.1 cm³/mol. The average Bonchev–Trinajstić information content (AvgIpc) is 2.59. The zero-order chi connectivity index (χ0) is 15.9. The second-order valence-electron chi connectivity index (χ2n) is 5.11. The lowest BCUT2D eigenvalue weighted by molar-refractivity contribution is 0.0935. The van der Waals surface area contributed by atoms with Crippen molar-refractivity contribution in [2.75, 3.05) is 7.11 Å². The first-order valence-electron chi connectivity index (χ1n) is 7.41. The summed E-state index contributed by atoms with van der Waals surface area (Å²) in [5.41, 5.74) is 8.29. The van der Waals surface area contributed by atoms with E-state index in [0.717, 1.165) is 23.3 Å². The van der Waals surface area contributed by atoms with E-state index in [0.29, 0.717) is 12.1 Å². The Hall–Kier alpha value is -2.04. The van der Waals surface area contributed by atoms with E-state index >= 15 is 0 Å². The van der Waals surface area contributed by atoms with Crippen molar-refractivity contribution in [2.24, 2.45) is 5.73 Å². The summed E-state index contributed by atoms with van der Waals surface area (Å²) in [7, 11) is 1.64. The SMILES string of the molecule is CCC(NC(=O)c1ccc(CN)cc1)c1ccc(OC)cc1.Cl. The molecule has 2 aromatic carbocycles. The van der Waals surface area contributed by atoms with Crippen LogP contribution in [0.4, 0.5) is 0 Å². The third-order valence-electron chi connectivity index (χ3n) is 3.68. The number of hydrogen-bond acceptors (Lipinski definition) is 3. The summed E-state index contributed by atoms with van der Waals surface area (Å²) < 4.78 is 5.16. The number of halogens is 1. The Kier molecular flexibility index (Phi) is 7.59. The van der Waals surface area contributed by atoms with Crippen molar-refractivity contribution in [2.45, 2.75) is 25.9 Å². The molecule has 0 heterocycles. The molecule has 0 aromatic heterocycles. The van der Waals surface area contributed by atoms with E-state index in [-0.39, 0.29) is 24.4 Å². The first-order chi connectivity index (χ1) is 10.7. The van der Waals surface area contributed by atoms with Gasteiger partial charge in [0.15, 0.2) is 0 Å². The number of carbonyl (C=O) groups excluding carboxylic acids is 1. The molecule has 0 fully saturated rings. The summed E-state index contributed by atoms with van der Waals surface area (Å²) in [5.74, 6) is 0.730. The molecule has 23 heavy (non-hydrogen) atoms. The highest BCUT2D eigenvalue weighted by molar-refractivity contribution is 5.94. The normalized spacial score (nSPS) is 11.3. The van der Waals surface area contributed by atoms with Gasteiger partial charge in [0.1, 0.15) is 5.75 Å². The summed E-state index contributed by atoms with van der Waals surface area (Å²) in [6.07, 6.45) is 0.818. The van der Waals surface area contributed by atoms with Crippen molar-refractivity contribution in [1.82, 2.24) is 5.32 Å². The second kappa shape index (κ2) is 9.18. The van der Waals surface area contributed by atoms with Crippen LogP contribution < -0.4 is 15.8 Å². The molecule has 124 valence electrons. The Balaban J connectivity index is 0.00000264. The number of hydrogen-bond donors (Lipinski definition) is 2. The van der Waals surface area contributed by atoms with Crippen molar-refractivity contribution in [3.63, 3.8) is 0 Å². The van der Waals surface area contributed by atoms with E-state index in [1.54, 1.807) is 19.2 Å². The van der Waals surface area contributed by atoms with Crippen molar-refractivity contribution >= 4 is 18.3 Å². The Morgan fingerprint density at radius 1 is 1.13 bits per heavy atom. The van der Waals surface area contributed by atoms with Gasteiger partial charge in [-0.1, -0.05) is 31.2 Å². The number of rotatable bonds is 6. The molecule has 0 saturated heterocycles. The number of nitrogens with two attached hydrogens (primary N) is 1. The number of ether oxygens (including phenoxy) is 1. The molecule has 2 aromatic rings. The average molecular weight is 335 g/mol. The summed E-state index contributed by atoms with van der Waals surface area (Å²) in [5, 5.41) is 3.06. The van der Waals surface area contributed by atoms with Crippen molar-refractivity contribution < 1.29 is 9.53 Å². The highest BCUT2D eigenvalue weighted by Crippen LogP contribution is 2.20. The van der Waals surface area contributed by atoms with Crippen LogP contribution in [0.15, 0.2) is 48.5 Å². The fourth-order valence-electron chi connectivity index (χ4n) is 2.29. The van der Waals surface area contributed by atoms with Crippen LogP contribution in [-0.4, -0.2) is 13.0 Å². The van der Waals surface area contributed by atoms with Gasteiger partial charge in [-0.05, 0) is 41.8 Å². The van der Waals surface area contributed by atoms with Crippen LogP contribution in [-0.2, 0) is 6.54 Å².